The van der Waals surface area contributed by atoms with Gasteiger partial charge in [-0.1, -0.05) is 37.6 Å². The minimum Gasteiger partial charge on any atom is -0.490 e. The Bertz CT molecular complexity index is 1350. The molecule has 0 spiro atoms. The number of carbonyl (C=O) groups is 2. The molecule has 0 radical (unpaired) electrons. The molecule has 38 heavy (non-hydrogen) atoms. The number of unbranched alkanes of at least 4 members (excludes halogenated alkanes) is 1. The number of hydrogen-bond donors (Lipinski definition) is 0. The van der Waals surface area contributed by atoms with Gasteiger partial charge in [0.25, 0.3) is 5.91 Å². The number of hydrogen-bond acceptors (Lipinski definition) is 7. The normalized spacial score (nSPS) is 20.4. The van der Waals surface area contributed by atoms with Crippen molar-refractivity contribution in [1.29, 1.82) is 5.26 Å². The summed E-state index contributed by atoms with van der Waals surface area (Å²) in [4.78, 5) is 34.8. The Kier molecular flexibility index (Phi) is 7.29. The molecule has 2 amide bonds. The van der Waals surface area contributed by atoms with Crippen LogP contribution in [0.3, 0.4) is 0 Å². The number of hydroxylamine groups is 1. The summed E-state index contributed by atoms with van der Waals surface area (Å²) in [6.07, 6.45) is 0.957. The lowest BCUT2D eigenvalue weighted by molar-refractivity contribution is -0.126. The van der Waals surface area contributed by atoms with E-state index in [9.17, 15) is 9.59 Å². The molecule has 0 aromatic heterocycles. The summed E-state index contributed by atoms with van der Waals surface area (Å²) in [6, 6.07) is 22.9. The zero-order chi connectivity index (χ0) is 26.6. The van der Waals surface area contributed by atoms with Crippen molar-refractivity contribution in [3.63, 3.8) is 0 Å². The van der Waals surface area contributed by atoms with Crippen molar-refractivity contribution in [1.82, 2.24) is 0 Å². The average molecular weight is 512 g/mol. The second-order valence-electron chi connectivity index (χ2n) is 9.17. The molecular weight excluding hydrogens is 482 g/mol. The van der Waals surface area contributed by atoms with Crippen molar-refractivity contribution in [2.75, 3.05) is 23.2 Å². The molecule has 0 unspecified atom stereocenters. The van der Waals surface area contributed by atoms with Gasteiger partial charge in [0, 0.05) is 0 Å². The number of fused-ring (bicyclic) bond motifs is 1. The summed E-state index contributed by atoms with van der Waals surface area (Å²) in [5, 5.41) is 10.8. The number of ether oxygens (including phenoxy) is 2. The lowest BCUT2D eigenvalue weighted by Crippen LogP contribution is -2.37. The van der Waals surface area contributed by atoms with Gasteiger partial charge in [0.15, 0.2) is 17.6 Å². The molecule has 5 rings (SSSR count). The van der Waals surface area contributed by atoms with Gasteiger partial charge in [0.2, 0.25) is 5.91 Å². The van der Waals surface area contributed by atoms with E-state index < -0.39 is 24.0 Å². The van der Waals surface area contributed by atoms with Crippen molar-refractivity contribution in [2.45, 2.75) is 38.8 Å². The molecule has 3 aromatic rings. The number of nitrogens with zero attached hydrogens (tertiary/aromatic N) is 3. The van der Waals surface area contributed by atoms with Crippen LogP contribution >= 0.6 is 0 Å². The monoisotopic (exact) mass is 511 g/mol. The van der Waals surface area contributed by atoms with Gasteiger partial charge in [0.1, 0.15) is 5.92 Å². The standard InChI is InChI=1S/C30H29N3O5/c1-3-5-17-37-24-16-13-21(18-25(24)36-4-2)27-26-28(38-33(27)23-9-7-6-8-10-23)30(35)32(29(26)34)22-14-11-20(19-31)12-15-22/h6-16,18,26-28H,3-5,17H2,1-2H3/t26-,27-,28+/m1/s1. The largest absolute Gasteiger partial charge is 0.490 e. The van der Waals surface area contributed by atoms with Crippen molar-refractivity contribution in [3.8, 4) is 17.6 Å². The molecule has 0 saturated carbocycles. The summed E-state index contributed by atoms with van der Waals surface area (Å²) in [7, 11) is 0. The zero-order valence-corrected chi connectivity index (χ0v) is 21.4. The highest BCUT2D eigenvalue weighted by Crippen LogP contribution is 2.48. The quantitative estimate of drug-likeness (QED) is 0.288. The predicted octanol–water partition coefficient (Wildman–Crippen LogP) is 5.19. The molecule has 3 atom stereocenters. The fourth-order valence-corrected chi connectivity index (χ4v) is 4.91. The maximum Gasteiger partial charge on any atom is 0.266 e. The van der Waals surface area contributed by atoms with Crippen LogP contribution in [0.2, 0.25) is 0 Å². The highest BCUT2D eigenvalue weighted by atomic mass is 16.7. The minimum atomic E-state index is -0.987. The number of para-hydroxylation sites is 1. The van der Waals surface area contributed by atoms with E-state index in [2.05, 4.69) is 13.0 Å². The number of benzene rings is 3. The lowest BCUT2D eigenvalue weighted by Gasteiger charge is -2.29. The summed E-state index contributed by atoms with van der Waals surface area (Å²) < 4.78 is 11.9. The Morgan fingerprint density at radius 3 is 2.34 bits per heavy atom. The molecule has 2 heterocycles. The first kappa shape index (κ1) is 25.3. The second-order valence-corrected chi connectivity index (χ2v) is 9.17. The molecule has 2 saturated heterocycles. The molecule has 0 aliphatic carbocycles. The first-order chi connectivity index (χ1) is 18.6. The number of nitriles is 1. The molecule has 0 N–H and O–H groups in total. The number of anilines is 2. The number of imide groups is 1. The Morgan fingerprint density at radius 1 is 0.895 bits per heavy atom. The summed E-state index contributed by atoms with van der Waals surface area (Å²) in [5.41, 5.74) is 2.37. The van der Waals surface area contributed by atoms with E-state index in [0.29, 0.717) is 36.0 Å². The molecule has 194 valence electrons. The van der Waals surface area contributed by atoms with E-state index in [0.717, 1.165) is 29.0 Å². The van der Waals surface area contributed by atoms with Crippen molar-refractivity contribution >= 4 is 23.2 Å². The molecule has 8 heteroatoms. The number of rotatable bonds is 9. The summed E-state index contributed by atoms with van der Waals surface area (Å²) in [6.45, 7) is 5.04. The van der Waals surface area contributed by atoms with E-state index in [-0.39, 0.29) is 5.91 Å². The Hall–Kier alpha value is -4.35. The van der Waals surface area contributed by atoms with Crippen LogP contribution < -0.4 is 19.4 Å². The smallest absolute Gasteiger partial charge is 0.266 e. The predicted molar refractivity (Wildman–Crippen MR) is 142 cm³/mol. The van der Waals surface area contributed by atoms with Crippen LogP contribution in [0.25, 0.3) is 0 Å². The Balaban J connectivity index is 1.54. The fourth-order valence-electron chi connectivity index (χ4n) is 4.91. The highest BCUT2D eigenvalue weighted by molar-refractivity contribution is 6.23. The van der Waals surface area contributed by atoms with E-state index in [1.807, 2.05) is 55.5 Å². The van der Waals surface area contributed by atoms with E-state index in [4.69, 9.17) is 19.6 Å². The van der Waals surface area contributed by atoms with E-state index in [1.54, 1.807) is 29.3 Å². The highest BCUT2D eigenvalue weighted by Gasteiger charge is 2.60. The van der Waals surface area contributed by atoms with Gasteiger partial charge >= 0.3 is 0 Å². The van der Waals surface area contributed by atoms with Crippen LogP contribution in [0.5, 0.6) is 11.5 Å². The molecule has 2 fully saturated rings. The minimum absolute atomic E-state index is 0.352. The summed E-state index contributed by atoms with van der Waals surface area (Å²) in [5.74, 6) is -0.344. The zero-order valence-electron chi connectivity index (χ0n) is 21.4. The number of amides is 2. The summed E-state index contributed by atoms with van der Waals surface area (Å²) >= 11 is 0. The number of carbonyl (C=O) groups excluding carboxylic acids is 2. The Morgan fingerprint density at radius 2 is 1.66 bits per heavy atom. The second kappa shape index (κ2) is 11.0. The van der Waals surface area contributed by atoms with Crippen LogP contribution in [0.4, 0.5) is 11.4 Å². The third-order valence-electron chi connectivity index (χ3n) is 6.75. The van der Waals surface area contributed by atoms with Crippen molar-refractivity contribution in [2.24, 2.45) is 5.92 Å². The van der Waals surface area contributed by atoms with Gasteiger partial charge in [-0.25, -0.2) is 9.96 Å². The molecule has 8 nitrogen and oxygen atoms in total. The van der Waals surface area contributed by atoms with Gasteiger partial charge in [-0.15, -0.1) is 0 Å². The molecule has 2 aliphatic heterocycles. The maximum atomic E-state index is 13.8. The van der Waals surface area contributed by atoms with Gasteiger partial charge in [-0.3, -0.25) is 14.4 Å². The molecule has 0 bridgehead atoms. The van der Waals surface area contributed by atoms with Crippen molar-refractivity contribution in [3.05, 3.63) is 83.9 Å². The SMILES string of the molecule is CCCCOc1ccc([C@@H]2[C@H]3C(=O)N(c4ccc(C#N)cc4)C(=O)[C@H]3ON2c2ccccc2)cc1OCC. The fraction of sp³-hybridized carbons (Fsp3) is 0.300. The third-order valence-corrected chi connectivity index (χ3v) is 6.75. The average Bonchev–Trinajstić information content (AvgIpc) is 3.46. The van der Waals surface area contributed by atoms with E-state index in [1.165, 1.54) is 0 Å². The topological polar surface area (TPSA) is 92.1 Å². The third kappa shape index (κ3) is 4.57. The van der Waals surface area contributed by atoms with Gasteiger partial charge in [0.05, 0.1) is 42.3 Å². The van der Waals surface area contributed by atoms with Crippen LogP contribution in [-0.2, 0) is 14.4 Å². The van der Waals surface area contributed by atoms with Crippen LogP contribution in [0.15, 0.2) is 72.8 Å². The van der Waals surface area contributed by atoms with Gasteiger partial charge in [-0.2, -0.15) is 5.26 Å². The first-order valence-electron chi connectivity index (χ1n) is 12.9. The van der Waals surface area contributed by atoms with Crippen LogP contribution in [0.1, 0.15) is 43.9 Å². The van der Waals surface area contributed by atoms with E-state index >= 15 is 0 Å². The lowest BCUT2D eigenvalue weighted by atomic mass is 9.90. The van der Waals surface area contributed by atoms with Gasteiger partial charge < -0.3 is 9.47 Å². The van der Waals surface area contributed by atoms with Gasteiger partial charge in [-0.05, 0) is 67.4 Å². The van der Waals surface area contributed by atoms with Crippen LogP contribution in [0, 0.1) is 17.2 Å². The molecule has 2 aliphatic rings. The Labute approximate surface area is 221 Å². The van der Waals surface area contributed by atoms with Crippen molar-refractivity contribution < 1.29 is 23.9 Å². The first-order valence-corrected chi connectivity index (χ1v) is 12.9. The molecular formula is C30H29N3O5. The molecule has 3 aromatic carbocycles. The maximum absolute atomic E-state index is 13.8. The van der Waals surface area contributed by atoms with Crippen LogP contribution in [-0.4, -0.2) is 31.1 Å².